The van der Waals surface area contributed by atoms with Crippen LogP contribution < -0.4 is 11.1 Å². The van der Waals surface area contributed by atoms with Crippen LogP contribution >= 0.6 is 0 Å². The highest BCUT2D eigenvalue weighted by Gasteiger charge is 2.18. The first-order chi connectivity index (χ1) is 8.25. The number of nitrogens with one attached hydrogen (secondary N) is 1. The lowest BCUT2D eigenvalue weighted by atomic mass is 10.1. The van der Waals surface area contributed by atoms with Crippen molar-refractivity contribution in [1.82, 2.24) is 5.32 Å². The van der Waals surface area contributed by atoms with Crippen molar-refractivity contribution < 1.29 is 0 Å². The van der Waals surface area contributed by atoms with Crippen LogP contribution in [0.5, 0.6) is 0 Å². The first-order valence-electron chi connectivity index (χ1n) is 6.00. The predicted octanol–water partition coefficient (Wildman–Crippen LogP) is 1.85. The molecule has 1 aliphatic rings. The molecule has 1 heterocycles. The lowest BCUT2D eigenvalue weighted by Crippen LogP contribution is -2.19. The van der Waals surface area contributed by atoms with Crippen LogP contribution in [0.2, 0.25) is 0 Å². The van der Waals surface area contributed by atoms with Crippen LogP contribution in [0, 0.1) is 0 Å². The summed E-state index contributed by atoms with van der Waals surface area (Å²) in [5.74, 6) is 0.725. The van der Waals surface area contributed by atoms with Crippen molar-refractivity contribution in [3.63, 3.8) is 0 Å². The number of hydrogen-bond donors (Lipinski definition) is 2. The maximum Gasteiger partial charge on any atom is 0.0986 e. The second kappa shape index (κ2) is 5.64. The molecule has 0 saturated heterocycles. The van der Waals surface area contributed by atoms with E-state index in [0.29, 0.717) is 0 Å². The zero-order valence-electron chi connectivity index (χ0n) is 10.0. The van der Waals surface area contributed by atoms with Gasteiger partial charge in [0.1, 0.15) is 0 Å². The third-order valence-electron chi connectivity index (χ3n) is 2.97. The van der Waals surface area contributed by atoms with Crippen molar-refractivity contribution in [2.75, 3.05) is 6.54 Å². The number of nitrogens with two attached hydrogens (primary N) is 1. The van der Waals surface area contributed by atoms with Crippen molar-refractivity contribution in [3.8, 4) is 0 Å². The summed E-state index contributed by atoms with van der Waals surface area (Å²) in [5, 5.41) is 3.41. The molecule has 0 unspecified atom stereocenters. The van der Waals surface area contributed by atoms with Gasteiger partial charge in [0.05, 0.1) is 11.9 Å². The van der Waals surface area contributed by atoms with Gasteiger partial charge in [-0.15, -0.1) is 0 Å². The summed E-state index contributed by atoms with van der Waals surface area (Å²) in [7, 11) is 0. The molecule has 3 heteroatoms. The van der Waals surface area contributed by atoms with Gasteiger partial charge < -0.3 is 11.1 Å². The SMILES string of the molecule is C=C1CC(N)=N[C@H]1CCNCc1ccccc1. The van der Waals surface area contributed by atoms with E-state index in [2.05, 4.69) is 41.2 Å². The first-order valence-corrected chi connectivity index (χ1v) is 6.00. The van der Waals surface area contributed by atoms with Crippen LogP contribution in [-0.2, 0) is 6.54 Å². The molecule has 0 fully saturated rings. The van der Waals surface area contributed by atoms with Crippen LogP contribution in [0.4, 0.5) is 0 Å². The number of rotatable bonds is 5. The van der Waals surface area contributed by atoms with Crippen LogP contribution in [0.1, 0.15) is 18.4 Å². The molecule has 2 rings (SSSR count). The Kier molecular flexibility index (Phi) is 3.94. The largest absolute Gasteiger partial charge is 0.387 e. The lowest BCUT2D eigenvalue weighted by Gasteiger charge is -2.09. The number of aliphatic imine (C=N–C) groups is 1. The Balaban J connectivity index is 1.69. The van der Waals surface area contributed by atoms with E-state index in [1.54, 1.807) is 0 Å². The average Bonchev–Trinajstić information content (AvgIpc) is 2.65. The second-order valence-corrected chi connectivity index (χ2v) is 4.42. The normalized spacial score (nSPS) is 19.4. The Morgan fingerprint density at radius 3 is 2.76 bits per heavy atom. The second-order valence-electron chi connectivity index (χ2n) is 4.42. The maximum atomic E-state index is 5.68. The van der Waals surface area contributed by atoms with E-state index in [9.17, 15) is 0 Å². The topological polar surface area (TPSA) is 50.4 Å². The third kappa shape index (κ3) is 3.43. The van der Waals surface area contributed by atoms with Gasteiger partial charge in [-0.1, -0.05) is 36.9 Å². The fourth-order valence-electron chi connectivity index (χ4n) is 2.02. The van der Waals surface area contributed by atoms with Crippen molar-refractivity contribution >= 4 is 5.84 Å². The molecule has 3 N–H and O–H groups in total. The monoisotopic (exact) mass is 229 g/mol. The molecule has 0 spiro atoms. The molecule has 0 bridgehead atoms. The molecule has 1 aromatic rings. The van der Waals surface area contributed by atoms with Crippen LogP contribution in [-0.4, -0.2) is 18.4 Å². The highest BCUT2D eigenvalue weighted by molar-refractivity contribution is 5.85. The van der Waals surface area contributed by atoms with Gasteiger partial charge in [0.2, 0.25) is 0 Å². The fraction of sp³-hybridized carbons (Fsp3) is 0.357. The van der Waals surface area contributed by atoms with Gasteiger partial charge >= 0.3 is 0 Å². The summed E-state index contributed by atoms with van der Waals surface area (Å²) >= 11 is 0. The third-order valence-corrected chi connectivity index (χ3v) is 2.97. The average molecular weight is 229 g/mol. The van der Waals surface area contributed by atoms with Gasteiger partial charge in [0.25, 0.3) is 0 Å². The number of nitrogens with zero attached hydrogens (tertiary/aromatic N) is 1. The molecule has 1 atom stereocenters. The van der Waals surface area contributed by atoms with E-state index in [-0.39, 0.29) is 6.04 Å². The van der Waals surface area contributed by atoms with Gasteiger partial charge in [-0.05, 0) is 24.1 Å². The Bertz CT molecular complexity index is 409. The summed E-state index contributed by atoms with van der Waals surface area (Å²) in [6, 6.07) is 10.6. The Morgan fingerprint density at radius 1 is 1.35 bits per heavy atom. The van der Waals surface area contributed by atoms with Gasteiger partial charge in [-0.3, -0.25) is 4.99 Å². The van der Waals surface area contributed by atoms with Crippen molar-refractivity contribution in [2.45, 2.75) is 25.4 Å². The van der Waals surface area contributed by atoms with E-state index < -0.39 is 0 Å². The van der Waals surface area contributed by atoms with Crippen molar-refractivity contribution in [2.24, 2.45) is 10.7 Å². The molecule has 3 nitrogen and oxygen atoms in total. The van der Waals surface area contributed by atoms with Crippen LogP contribution in [0.3, 0.4) is 0 Å². The molecule has 0 radical (unpaired) electrons. The van der Waals surface area contributed by atoms with Crippen LogP contribution in [0.15, 0.2) is 47.5 Å². The van der Waals surface area contributed by atoms with Crippen molar-refractivity contribution in [1.29, 1.82) is 0 Å². The molecule has 0 saturated carbocycles. The minimum atomic E-state index is 0.221. The summed E-state index contributed by atoms with van der Waals surface area (Å²) in [6.45, 7) is 5.84. The molecular formula is C14H19N3. The minimum Gasteiger partial charge on any atom is -0.387 e. The predicted molar refractivity (Wildman–Crippen MR) is 71.9 cm³/mol. The molecular weight excluding hydrogens is 210 g/mol. The summed E-state index contributed by atoms with van der Waals surface area (Å²) in [6.07, 6.45) is 1.75. The smallest absolute Gasteiger partial charge is 0.0986 e. The molecule has 1 aliphatic heterocycles. The Morgan fingerprint density at radius 2 is 2.12 bits per heavy atom. The highest BCUT2D eigenvalue weighted by Crippen LogP contribution is 2.19. The molecule has 17 heavy (non-hydrogen) atoms. The molecule has 1 aromatic carbocycles. The Hall–Kier alpha value is -1.61. The Labute approximate surface area is 102 Å². The van der Waals surface area contributed by atoms with Crippen LogP contribution in [0.25, 0.3) is 0 Å². The fourth-order valence-corrected chi connectivity index (χ4v) is 2.02. The standard InChI is InChI=1S/C14H19N3/c1-11-9-14(15)17-13(11)7-8-16-10-12-5-3-2-4-6-12/h2-6,13,16H,1,7-10H2,(H2,15,17)/t13-/m0/s1. The van der Waals surface area contributed by atoms with Gasteiger partial charge in [0, 0.05) is 13.0 Å². The summed E-state index contributed by atoms with van der Waals surface area (Å²) in [4.78, 5) is 4.37. The minimum absolute atomic E-state index is 0.221. The molecule has 90 valence electrons. The van der Waals surface area contributed by atoms with E-state index in [4.69, 9.17) is 5.73 Å². The van der Waals surface area contributed by atoms with E-state index in [0.717, 1.165) is 37.3 Å². The lowest BCUT2D eigenvalue weighted by molar-refractivity contribution is 0.609. The first kappa shape index (κ1) is 11.9. The summed E-state index contributed by atoms with van der Waals surface area (Å²) < 4.78 is 0. The summed E-state index contributed by atoms with van der Waals surface area (Å²) in [5.41, 5.74) is 8.13. The zero-order chi connectivity index (χ0) is 12.1. The molecule has 0 amide bonds. The number of hydrogen-bond acceptors (Lipinski definition) is 3. The number of amidine groups is 1. The quantitative estimate of drug-likeness (QED) is 0.598. The molecule has 0 aliphatic carbocycles. The zero-order valence-corrected chi connectivity index (χ0v) is 10.0. The highest BCUT2D eigenvalue weighted by atomic mass is 14.9. The van der Waals surface area contributed by atoms with Gasteiger partial charge in [-0.25, -0.2) is 0 Å². The van der Waals surface area contributed by atoms with Crippen molar-refractivity contribution in [3.05, 3.63) is 48.0 Å². The van der Waals surface area contributed by atoms with E-state index in [1.807, 2.05) is 6.07 Å². The van der Waals surface area contributed by atoms with E-state index in [1.165, 1.54) is 5.56 Å². The molecule has 0 aromatic heterocycles. The van der Waals surface area contributed by atoms with E-state index >= 15 is 0 Å². The number of benzene rings is 1. The maximum absolute atomic E-state index is 5.68. The van der Waals surface area contributed by atoms with Gasteiger partial charge in [0.15, 0.2) is 0 Å². The van der Waals surface area contributed by atoms with Gasteiger partial charge in [-0.2, -0.15) is 0 Å².